The average Bonchev–Trinajstić information content (AvgIpc) is 3.13. The topological polar surface area (TPSA) is 134 Å². The molecule has 4 saturated carbocycles. The first-order valence-corrected chi connectivity index (χ1v) is 12.8. The van der Waals surface area contributed by atoms with Crippen LogP contribution in [0, 0.1) is 29.1 Å². The Morgan fingerprint density at radius 2 is 1.94 bits per heavy atom. The number of rotatable bonds is 10. The highest BCUT2D eigenvalue weighted by Crippen LogP contribution is 2.61. The first-order valence-electron chi connectivity index (χ1n) is 12.8. The summed E-state index contributed by atoms with van der Waals surface area (Å²) in [6.45, 7) is 4.86. The van der Waals surface area contributed by atoms with Crippen molar-refractivity contribution >= 4 is 24.2 Å². The van der Waals surface area contributed by atoms with Crippen LogP contribution in [-0.4, -0.2) is 60.1 Å². The number of hydrogen-bond acceptors (Lipinski definition) is 6. The summed E-state index contributed by atoms with van der Waals surface area (Å²) in [5.74, 6) is 0.194. The number of nitrogens with one attached hydrogen (secondary N) is 3. The summed E-state index contributed by atoms with van der Waals surface area (Å²) in [7, 11) is 0. The molecule has 0 radical (unpaired) electrons. The number of carbonyl (C=O) groups is 4. The minimum Gasteiger partial charge on any atom is -0.436 e. The van der Waals surface area contributed by atoms with Crippen LogP contribution in [0.2, 0.25) is 0 Å². The maximum Gasteiger partial charge on any atom is 0.407 e. The van der Waals surface area contributed by atoms with Crippen molar-refractivity contribution in [1.82, 2.24) is 16.0 Å². The Morgan fingerprint density at radius 1 is 1.24 bits per heavy atom. The standard InChI is InChI=1S/C25H39N3O6/c1-15(2)5-20(22(31)28-19(12-29)7-18-3-4-26-21(18)30)34-23(32)27-14-24-8-16-6-17(9-24)11-25(33,10-16)13-24/h12,15-20,33H,3-11,13-14H2,1-2H3,(H,26,30)(H,27,32)(H,28,31)/t16?,17?,18-,19-,20-,24?,25?/m0/s1. The summed E-state index contributed by atoms with van der Waals surface area (Å²) >= 11 is 0. The minimum atomic E-state index is -1.03. The Kier molecular flexibility index (Phi) is 7.22. The smallest absolute Gasteiger partial charge is 0.407 e. The molecule has 5 rings (SSSR count). The van der Waals surface area contributed by atoms with Crippen LogP contribution in [0.3, 0.4) is 0 Å². The summed E-state index contributed by atoms with van der Waals surface area (Å²) in [6.07, 6.45) is 5.78. The van der Waals surface area contributed by atoms with Crippen LogP contribution in [-0.2, 0) is 19.1 Å². The molecule has 0 aromatic carbocycles. The lowest BCUT2D eigenvalue weighted by Gasteiger charge is -2.60. The quantitative estimate of drug-likeness (QED) is 0.354. The van der Waals surface area contributed by atoms with Crippen molar-refractivity contribution in [3.05, 3.63) is 0 Å². The van der Waals surface area contributed by atoms with Gasteiger partial charge in [-0.1, -0.05) is 13.8 Å². The largest absolute Gasteiger partial charge is 0.436 e. The normalized spacial score (nSPS) is 35.5. The van der Waals surface area contributed by atoms with Crippen molar-refractivity contribution in [2.24, 2.45) is 29.1 Å². The lowest BCUT2D eigenvalue weighted by molar-refractivity contribution is -0.161. The number of ether oxygens (including phenoxy) is 1. The van der Waals surface area contributed by atoms with Gasteiger partial charge >= 0.3 is 6.09 Å². The van der Waals surface area contributed by atoms with E-state index in [-0.39, 0.29) is 29.6 Å². The van der Waals surface area contributed by atoms with Crippen molar-refractivity contribution < 1.29 is 29.0 Å². The Labute approximate surface area is 201 Å². The third-order valence-electron chi connectivity index (χ3n) is 8.18. The highest BCUT2D eigenvalue weighted by Gasteiger charge is 2.57. The molecule has 4 bridgehead atoms. The maximum absolute atomic E-state index is 12.9. The molecule has 0 spiro atoms. The Hall–Kier alpha value is -2.16. The van der Waals surface area contributed by atoms with E-state index in [1.54, 1.807) is 0 Å². The predicted molar refractivity (Wildman–Crippen MR) is 124 cm³/mol. The molecule has 5 aliphatic rings. The van der Waals surface area contributed by atoms with E-state index in [1.807, 2.05) is 13.8 Å². The van der Waals surface area contributed by atoms with E-state index >= 15 is 0 Å². The molecule has 2 unspecified atom stereocenters. The lowest BCUT2D eigenvalue weighted by Crippen LogP contribution is -2.58. The molecule has 3 amide bonds. The second kappa shape index (κ2) is 9.84. The lowest BCUT2D eigenvalue weighted by atomic mass is 9.48. The number of carbonyl (C=O) groups excluding carboxylic acids is 4. The molecule has 1 heterocycles. The summed E-state index contributed by atoms with van der Waals surface area (Å²) in [5.41, 5.74) is -0.700. The number of aldehydes is 1. The van der Waals surface area contributed by atoms with Gasteiger partial charge in [-0.3, -0.25) is 9.59 Å². The summed E-state index contributed by atoms with van der Waals surface area (Å²) in [4.78, 5) is 49.0. The Bertz CT molecular complexity index is 800. The minimum absolute atomic E-state index is 0.0937. The molecule has 0 aromatic heterocycles. The van der Waals surface area contributed by atoms with E-state index in [9.17, 15) is 24.3 Å². The van der Waals surface area contributed by atoms with Gasteiger partial charge in [0.2, 0.25) is 5.91 Å². The van der Waals surface area contributed by atoms with Gasteiger partial charge in [-0.2, -0.15) is 0 Å². The van der Waals surface area contributed by atoms with Gasteiger partial charge in [-0.25, -0.2) is 4.79 Å². The highest BCUT2D eigenvalue weighted by atomic mass is 16.6. The van der Waals surface area contributed by atoms with Gasteiger partial charge in [0.1, 0.15) is 6.29 Å². The monoisotopic (exact) mass is 477 g/mol. The molecule has 5 fully saturated rings. The third kappa shape index (κ3) is 5.73. The van der Waals surface area contributed by atoms with Gasteiger partial charge < -0.3 is 30.6 Å². The van der Waals surface area contributed by atoms with Crippen LogP contribution < -0.4 is 16.0 Å². The molecule has 1 saturated heterocycles. The number of hydrogen-bond donors (Lipinski definition) is 4. The average molecular weight is 478 g/mol. The van der Waals surface area contributed by atoms with Crippen molar-refractivity contribution in [3.8, 4) is 0 Å². The number of alkyl carbamates (subject to hydrolysis) is 1. The van der Waals surface area contributed by atoms with Crippen LogP contribution in [0.15, 0.2) is 0 Å². The van der Waals surface area contributed by atoms with Crippen LogP contribution in [0.5, 0.6) is 0 Å². The fraction of sp³-hybridized carbons (Fsp3) is 0.840. The number of amides is 3. The molecule has 9 heteroatoms. The molecule has 1 aliphatic heterocycles. The Morgan fingerprint density at radius 3 is 2.50 bits per heavy atom. The van der Waals surface area contributed by atoms with E-state index in [4.69, 9.17) is 4.74 Å². The number of aliphatic hydroxyl groups is 1. The summed E-state index contributed by atoms with van der Waals surface area (Å²) in [5, 5.41) is 19.2. The molecule has 4 aliphatic carbocycles. The molecule has 4 N–H and O–H groups in total. The fourth-order valence-electron chi connectivity index (χ4n) is 7.28. The molecule has 9 nitrogen and oxygen atoms in total. The maximum atomic E-state index is 12.9. The molecular weight excluding hydrogens is 438 g/mol. The predicted octanol–water partition coefficient (Wildman–Crippen LogP) is 1.67. The van der Waals surface area contributed by atoms with Crippen LogP contribution in [0.4, 0.5) is 4.79 Å². The van der Waals surface area contributed by atoms with Gasteiger partial charge in [-0.15, -0.1) is 0 Å². The van der Waals surface area contributed by atoms with Crippen LogP contribution in [0.1, 0.15) is 71.6 Å². The molecule has 0 aromatic rings. The van der Waals surface area contributed by atoms with E-state index < -0.39 is 29.7 Å². The zero-order chi connectivity index (χ0) is 24.5. The van der Waals surface area contributed by atoms with Gasteiger partial charge in [0.15, 0.2) is 6.10 Å². The summed E-state index contributed by atoms with van der Waals surface area (Å²) < 4.78 is 5.53. The molecule has 5 atom stereocenters. The zero-order valence-electron chi connectivity index (χ0n) is 20.3. The van der Waals surface area contributed by atoms with Crippen molar-refractivity contribution in [3.63, 3.8) is 0 Å². The van der Waals surface area contributed by atoms with Gasteiger partial charge in [0.25, 0.3) is 5.91 Å². The molecule has 34 heavy (non-hydrogen) atoms. The second-order valence-corrected chi connectivity index (χ2v) is 11.8. The van der Waals surface area contributed by atoms with Gasteiger partial charge in [0, 0.05) is 19.0 Å². The summed E-state index contributed by atoms with van der Waals surface area (Å²) in [6, 6.07) is -0.810. The van der Waals surface area contributed by atoms with Crippen LogP contribution >= 0.6 is 0 Å². The Balaban J connectivity index is 1.31. The second-order valence-electron chi connectivity index (χ2n) is 11.8. The van der Waals surface area contributed by atoms with Crippen molar-refractivity contribution in [2.45, 2.75) is 89.4 Å². The fourth-order valence-corrected chi connectivity index (χ4v) is 7.28. The van der Waals surface area contributed by atoms with E-state index in [1.165, 1.54) is 6.42 Å². The van der Waals surface area contributed by atoms with Gasteiger partial charge in [-0.05, 0) is 81.0 Å². The third-order valence-corrected chi connectivity index (χ3v) is 8.18. The molecule has 190 valence electrons. The van der Waals surface area contributed by atoms with E-state index in [2.05, 4.69) is 16.0 Å². The highest BCUT2D eigenvalue weighted by molar-refractivity contribution is 5.86. The zero-order valence-corrected chi connectivity index (χ0v) is 20.3. The van der Waals surface area contributed by atoms with E-state index in [0.717, 1.165) is 25.7 Å². The van der Waals surface area contributed by atoms with Crippen LogP contribution in [0.25, 0.3) is 0 Å². The van der Waals surface area contributed by atoms with Gasteiger partial charge in [0.05, 0.1) is 11.6 Å². The first kappa shape index (κ1) is 24.9. The van der Waals surface area contributed by atoms with Crippen molar-refractivity contribution in [2.75, 3.05) is 13.1 Å². The molecular formula is C25H39N3O6. The first-order chi connectivity index (χ1) is 16.1. The van der Waals surface area contributed by atoms with E-state index in [0.29, 0.717) is 50.5 Å². The van der Waals surface area contributed by atoms with Crippen molar-refractivity contribution in [1.29, 1.82) is 0 Å². The SMILES string of the molecule is CC(C)C[C@H](OC(=O)NCC12CC3CC(CC(O)(C3)C1)C2)C(=O)N[C@H](C=O)C[C@@H]1CCNC1=O.